The lowest BCUT2D eigenvalue weighted by atomic mass is 9.86. The average Bonchev–Trinajstić information content (AvgIpc) is 1.97. The van der Waals surface area contributed by atoms with Crippen LogP contribution in [0, 0.1) is 6.92 Å². The molecule has 0 aliphatic heterocycles. The highest BCUT2D eigenvalue weighted by Gasteiger charge is 2.15. The van der Waals surface area contributed by atoms with Crippen molar-refractivity contribution in [2.45, 2.75) is 33.1 Å². The molecule has 1 aromatic carbocycles. The predicted octanol–water partition coefficient (Wildman–Crippen LogP) is 3.53. The maximum Gasteiger partial charge on any atom is 0.0641 e. The molecule has 1 rings (SSSR count). The summed E-state index contributed by atoms with van der Waals surface area (Å²) in [5.74, 6) is 0. The van der Waals surface area contributed by atoms with Gasteiger partial charge in [-0.25, -0.2) is 0 Å². The number of nitrogens with two attached hydrogens (primary N) is 1. The average molecular weight is 198 g/mol. The molecule has 0 spiro atoms. The minimum Gasteiger partial charge on any atom is -0.397 e. The van der Waals surface area contributed by atoms with Crippen LogP contribution in [-0.4, -0.2) is 0 Å². The standard InChI is InChI=1S/C11H16ClN/c1-7-5-8(11(2,3)4)6-9(12)10(7)13/h5-6H,13H2,1-4H3. The van der Waals surface area contributed by atoms with Gasteiger partial charge in [-0.1, -0.05) is 38.4 Å². The first-order chi connectivity index (χ1) is 5.82. The second-order valence-electron chi connectivity index (χ2n) is 4.44. The molecule has 0 aromatic heterocycles. The third kappa shape index (κ3) is 2.16. The summed E-state index contributed by atoms with van der Waals surface area (Å²) in [4.78, 5) is 0. The molecule has 0 heterocycles. The Bertz CT molecular complexity index is 300. The van der Waals surface area contributed by atoms with E-state index in [9.17, 15) is 0 Å². The highest BCUT2D eigenvalue weighted by Crippen LogP contribution is 2.30. The zero-order chi connectivity index (χ0) is 10.2. The molecule has 0 fully saturated rings. The molecular weight excluding hydrogens is 182 g/mol. The predicted molar refractivity (Wildman–Crippen MR) is 59.3 cm³/mol. The van der Waals surface area contributed by atoms with E-state index in [1.165, 1.54) is 5.56 Å². The summed E-state index contributed by atoms with van der Waals surface area (Å²) in [5, 5.41) is 0.657. The van der Waals surface area contributed by atoms with Crippen molar-refractivity contribution in [3.8, 4) is 0 Å². The molecule has 0 saturated carbocycles. The van der Waals surface area contributed by atoms with Crippen LogP contribution in [0.25, 0.3) is 0 Å². The van der Waals surface area contributed by atoms with Crippen LogP contribution < -0.4 is 5.73 Å². The van der Waals surface area contributed by atoms with Crippen molar-refractivity contribution in [2.75, 3.05) is 5.73 Å². The van der Waals surface area contributed by atoms with Gasteiger partial charge in [0, 0.05) is 0 Å². The van der Waals surface area contributed by atoms with E-state index < -0.39 is 0 Å². The first-order valence-corrected chi connectivity index (χ1v) is 4.76. The van der Waals surface area contributed by atoms with Crippen LogP contribution in [0.15, 0.2) is 12.1 Å². The Morgan fingerprint density at radius 3 is 2.15 bits per heavy atom. The van der Waals surface area contributed by atoms with E-state index in [4.69, 9.17) is 17.3 Å². The summed E-state index contributed by atoms with van der Waals surface area (Å²) in [6.07, 6.45) is 0. The molecule has 2 N–H and O–H groups in total. The Kier molecular flexibility index (Phi) is 2.58. The Morgan fingerprint density at radius 2 is 1.77 bits per heavy atom. The van der Waals surface area contributed by atoms with E-state index in [0.717, 1.165) is 5.56 Å². The fourth-order valence-electron chi connectivity index (χ4n) is 1.19. The second kappa shape index (κ2) is 3.22. The molecule has 0 unspecified atom stereocenters. The van der Waals surface area contributed by atoms with Crippen molar-refractivity contribution in [3.63, 3.8) is 0 Å². The monoisotopic (exact) mass is 197 g/mol. The molecule has 0 atom stereocenters. The number of aryl methyl sites for hydroxylation is 1. The molecule has 1 nitrogen and oxygen atoms in total. The Hall–Kier alpha value is -0.690. The van der Waals surface area contributed by atoms with Crippen molar-refractivity contribution < 1.29 is 0 Å². The lowest BCUT2D eigenvalue weighted by Crippen LogP contribution is -2.11. The molecule has 0 radical (unpaired) electrons. The highest BCUT2D eigenvalue weighted by molar-refractivity contribution is 6.33. The fourth-order valence-corrected chi connectivity index (χ4v) is 1.45. The largest absolute Gasteiger partial charge is 0.397 e. The lowest BCUT2D eigenvalue weighted by Gasteiger charge is -2.20. The van der Waals surface area contributed by atoms with Crippen LogP contribution in [0.4, 0.5) is 5.69 Å². The lowest BCUT2D eigenvalue weighted by molar-refractivity contribution is 0.590. The minimum atomic E-state index is 0.127. The second-order valence-corrected chi connectivity index (χ2v) is 4.85. The van der Waals surface area contributed by atoms with Gasteiger partial charge < -0.3 is 5.73 Å². The molecule has 2 heteroatoms. The molecular formula is C11H16ClN. The maximum absolute atomic E-state index is 6.00. The number of nitrogen functional groups attached to an aromatic ring is 1. The summed E-state index contributed by atoms with van der Waals surface area (Å²) in [5.41, 5.74) is 8.86. The zero-order valence-corrected chi connectivity index (χ0v) is 9.37. The van der Waals surface area contributed by atoms with Crippen molar-refractivity contribution >= 4 is 17.3 Å². The van der Waals surface area contributed by atoms with Crippen LogP contribution in [-0.2, 0) is 5.41 Å². The first kappa shape index (κ1) is 10.4. The third-order valence-electron chi connectivity index (χ3n) is 2.20. The Morgan fingerprint density at radius 1 is 1.23 bits per heavy atom. The summed E-state index contributed by atoms with van der Waals surface area (Å²) < 4.78 is 0. The van der Waals surface area contributed by atoms with Gasteiger partial charge in [0.15, 0.2) is 0 Å². The number of halogens is 1. The minimum absolute atomic E-state index is 0.127. The number of rotatable bonds is 0. The van der Waals surface area contributed by atoms with Crippen LogP contribution in [0.5, 0.6) is 0 Å². The number of benzene rings is 1. The van der Waals surface area contributed by atoms with Gasteiger partial charge in [0.25, 0.3) is 0 Å². The first-order valence-electron chi connectivity index (χ1n) is 4.38. The van der Waals surface area contributed by atoms with E-state index in [1.54, 1.807) is 0 Å². The molecule has 72 valence electrons. The maximum atomic E-state index is 6.00. The van der Waals surface area contributed by atoms with Crippen LogP contribution in [0.1, 0.15) is 31.9 Å². The number of anilines is 1. The quantitative estimate of drug-likeness (QED) is 0.633. The molecule has 0 saturated heterocycles. The van der Waals surface area contributed by atoms with E-state index in [2.05, 4.69) is 26.8 Å². The van der Waals surface area contributed by atoms with Crippen molar-refractivity contribution in [1.82, 2.24) is 0 Å². The molecule has 1 aromatic rings. The smallest absolute Gasteiger partial charge is 0.0641 e. The SMILES string of the molecule is Cc1cc(C(C)(C)C)cc(Cl)c1N. The molecule has 0 bridgehead atoms. The van der Waals surface area contributed by atoms with Gasteiger partial charge in [-0.15, -0.1) is 0 Å². The van der Waals surface area contributed by atoms with E-state index >= 15 is 0 Å². The molecule has 0 aliphatic carbocycles. The van der Waals surface area contributed by atoms with Crippen molar-refractivity contribution in [3.05, 3.63) is 28.3 Å². The van der Waals surface area contributed by atoms with E-state index in [0.29, 0.717) is 10.7 Å². The van der Waals surface area contributed by atoms with Gasteiger partial charge in [-0.2, -0.15) is 0 Å². The van der Waals surface area contributed by atoms with Crippen molar-refractivity contribution in [2.24, 2.45) is 0 Å². The highest BCUT2D eigenvalue weighted by atomic mass is 35.5. The summed E-state index contributed by atoms with van der Waals surface area (Å²) >= 11 is 6.00. The van der Waals surface area contributed by atoms with Gasteiger partial charge in [0.05, 0.1) is 10.7 Å². The zero-order valence-electron chi connectivity index (χ0n) is 8.61. The van der Waals surface area contributed by atoms with E-state index in [-0.39, 0.29) is 5.41 Å². The van der Waals surface area contributed by atoms with Gasteiger partial charge in [0.2, 0.25) is 0 Å². The van der Waals surface area contributed by atoms with Gasteiger partial charge >= 0.3 is 0 Å². The summed E-state index contributed by atoms with van der Waals surface area (Å²) in [7, 11) is 0. The van der Waals surface area contributed by atoms with Crippen LogP contribution in [0.3, 0.4) is 0 Å². The van der Waals surface area contributed by atoms with Gasteiger partial charge in [0.1, 0.15) is 0 Å². The van der Waals surface area contributed by atoms with Crippen LogP contribution in [0.2, 0.25) is 5.02 Å². The van der Waals surface area contributed by atoms with Crippen molar-refractivity contribution in [1.29, 1.82) is 0 Å². The summed E-state index contributed by atoms with van der Waals surface area (Å²) in [6, 6.07) is 4.05. The normalized spacial score (nSPS) is 11.8. The number of hydrogen-bond donors (Lipinski definition) is 1. The Labute approximate surface area is 84.9 Å². The Balaban J connectivity index is 3.29. The van der Waals surface area contributed by atoms with E-state index in [1.807, 2.05) is 13.0 Å². The molecule has 13 heavy (non-hydrogen) atoms. The fraction of sp³-hybridized carbons (Fsp3) is 0.455. The number of hydrogen-bond acceptors (Lipinski definition) is 1. The molecule has 0 aliphatic rings. The van der Waals surface area contributed by atoms with Gasteiger partial charge in [-0.3, -0.25) is 0 Å². The topological polar surface area (TPSA) is 26.0 Å². The van der Waals surface area contributed by atoms with Gasteiger partial charge in [-0.05, 0) is 29.5 Å². The molecule has 0 amide bonds. The third-order valence-corrected chi connectivity index (χ3v) is 2.52. The van der Waals surface area contributed by atoms with Crippen LogP contribution >= 0.6 is 11.6 Å². The summed E-state index contributed by atoms with van der Waals surface area (Å²) in [6.45, 7) is 8.47.